The molecule has 0 atom stereocenters. The minimum Gasteiger partial charge on any atom is -0.497 e. The molecule has 0 saturated carbocycles. The van der Waals surface area contributed by atoms with E-state index in [1.54, 1.807) is 19.5 Å². The standard InChI is InChI=1S/C15H15N5OS/c1-21-13-6-4-11(5-7-13)10-22-15-19-18-14(20(15)16)12-3-2-8-17-9-12/h2-9H,10,16H2,1H3. The minimum absolute atomic E-state index is 0.602. The number of ether oxygens (including phenoxy) is 1. The first-order valence-corrected chi connectivity index (χ1v) is 7.63. The minimum atomic E-state index is 0.602. The second-order valence-electron chi connectivity index (χ2n) is 4.55. The maximum absolute atomic E-state index is 6.07. The summed E-state index contributed by atoms with van der Waals surface area (Å²) in [5, 5.41) is 8.93. The fraction of sp³-hybridized carbons (Fsp3) is 0.133. The molecule has 0 fully saturated rings. The lowest BCUT2D eigenvalue weighted by atomic mass is 10.2. The summed E-state index contributed by atoms with van der Waals surface area (Å²) in [7, 11) is 1.65. The van der Waals surface area contributed by atoms with Crippen molar-refractivity contribution < 1.29 is 4.74 Å². The number of thioether (sulfide) groups is 1. The van der Waals surface area contributed by atoms with Crippen LogP contribution in [0.25, 0.3) is 11.4 Å². The number of benzene rings is 1. The molecule has 2 heterocycles. The number of nitrogens with two attached hydrogens (primary N) is 1. The number of rotatable bonds is 5. The van der Waals surface area contributed by atoms with Crippen LogP contribution in [0.2, 0.25) is 0 Å². The van der Waals surface area contributed by atoms with Gasteiger partial charge in [-0.1, -0.05) is 23.9 Å². The van der Waals surface area contributed by atoms with E-state index in [1.165, 1.54) is 16.4 Å². The number of methoxy groups -OCH3 is 1. The summed E-state index contributed by atoms with van der Waals surface area (Å²) in [6, 6.07) is 11.6. The van der Waals surface area contributed by atoms with Crippen molar-refractivity contribution in [2.24, 2.45) is 0 Å². The van der Waals surface area contributed by atoms with Gasteiger partial charge in [-0.3, -0.25) is 4.98 Å². The summed E-state index contributed by atoms with van der Waals surface area (Å²) in [6.07, 6.45) is 3.42. The molecule has 7 heteroatoms. The zero-order chi connectivity index (χ0) is 15.4. The summed E-state index contributed by atoms with van der Waals surface area (Å²) in [4.78, 5) is 4.07. The SMILES string of the molecule is COc1ccc(CSc2nnc(-c3cccnc3)n2N)cc1. The van der Waals surface area contributed by atoms with Crippen molar-refractivity contribution in [2.75, 3.05) is 13.0 Å². The maximum Gasteiger partial charge on any atom is 0.210 e. The van der Waals surface area contributed by atoms with Crippen molar-refractivity contribution in [1.29, 1.82) is 0 Å². The van der Waals surface area contributed by atoms with Crippen molar-refractivity contribution in [3.8, 4) is 17.1 Å². The van der Waals surface area contributed by atoms with Crippen LogP contribution in [0.4, 0.5) is 0 Å². The number of aromatic nitrogens is 4. The van der Waals surface area contributed by atoms with Gasteiger partial charge in [0.2, 0.25) is 5.16 Å². The van der Waals surface area contributed by atoms with E-state index in [-0.39, 0.29) is 0 Å². The van der Waals surface area contributed by atoms with E-state index in [0.29, 0.717) is 11.0 Å². The normalized spacial score (nSPS) is 10.6. The van der Waals surface area contributed by atoms with Crippen LogP contribution < -0.4 is 10.6 Å². The Morgan fingerprint density at radius 1 is 1.18 bits per heavy atom. The van der Waals surface area contributed by atoms with E-state index in [9.17, 15) is 0 Å². The van der Waals surface area contributed by atoms with Crippen molar-refractivity contribution in [2.45, 2.75) is 10.9 Å². The third-order valence-corrected chi connectivity index (χ3v) is 4.13. The van der Waals surface area contributed by atoms with Gasteiger partial charge in [-0.15, -0.1) is 10.2 Å². The van der Waals surface area contributed by atoms with Gasteiger partial charge in [0.25, 0.3) is 0 Å². The van der Waals surface area contributed by atoms with E-state index in [4.69, 9.17) is 10.6 Å². The largest absolute Gasteiger partial charge is 0.497 e. The van der Waals surface area contributed by atoms with E-state index in [0.717, 1.165) is 22.6 Å². The predicted molar refractivity (Wildman–Crippen MR) is 86.0 cm³/mol. The molecule has 3 aromatic rings. The summed E-state index contributed by atoms with van der Waals surface area (Å²) in [5.74, 6) is 8.27. The highest BCUT2D eigenvalue weighted by molar-refractivity contribution is 7.98. The Balaban J connectivity index is 1.72. The monoisotopic (exact) mass is 313 g/mol. The van der Waals surface area contributed by atoms with Crippen LogP contribution >= 0.6 is 11.8 Å². The van der Waals surface area contributed by atoms with Gasteiger partial charge >= 0.3 is 0 Å². The predicted octanol–water partition coefficient (Wildman–Crippen LogP) is 2.35. The number of hydrogen-bond acceptors (Lipinski definition) is 6. The first kappa shape index (κ1) is 14.4. The molecule has 0 saturated heterocycles. The van der Waals surface area contributed by atoms with E-state index in [1.807, 2.05) is 36.4 Å². The van der Waals surface area contributed by atoms with E-state index in [2.05, 4.69) is 15.2 Å². The Hall–Kier alpha value is -2.54. The van der Waals surface area contributed by atoms with Gasteiger partial charge < -0.3 is 10.6 Å². The molecule has 0 amide bonds. The topological polar surface area (TPSA) is 78.9 Å². The molecule has 0 bridgehead atoms. The number of pyridine rings is 1. The molecule has 0 spiro atoms. The Morgan fingerprint density at radius 2 is 2.00 bits per heavy atom. The molecular formula is C15H15N5OS. The van der Waals surface area contributed by atoms with Gasteiger partial charge in [0.15, 0.2) is 5.82 Å². The Morgan fingerprint density at radius 3 is 2.68 bits per heavy atom. The van der Waals surface area contributed by atoms with Crippen molar-refractivity contribution in [1.82, 2.24) is 19.9 Å². The van der Waals surface area contributed by atoms with Gasteiger partial charge in [0.05, 0.1) is 7.11 Å². The first-order valence-electron chi connectivity index (χ1n) is 6.64. The third-order valence-electron chi connectivity index (χ3n) is 3.11. The highest BCUT2D eigenvalue weighted by Crippen LogP contribution is 2.24. The van der Waals surface area contributed by atoms with Crippen LogP contribution in [0.3, 0.4) is 0 Å². The van der Waals surface area contributed by atoms with Gasteiger partial charge in [-0.25, -0.2) is 4.68 Å². The zero-order valence-electron chi connectivity index (χ0n) is 12.0. The van der Waals surface area contributed by atoms with Crippen LogP contribution in [0, 0.1) is 0 Å². The fourth-order valence-electron chi connectivity index (χ4n) is 1.94. The highest BCUT2D eigenvalue weighted by Gasteiger charge is 2.12. The smallest absolute Gasteiger partial charge is 0.210 e. The molecular weight excluding hydrogens is 298 g/mol. The molecule has 2 aromatic heterocycles. The van der Waals surface area contributed by atoms with Crippen molar-refractivity contribution in [3.63, 3.8) is 0 Å². The van der Waals surface area contributed by atoms with E-state index < -0.39 is 0 Å². The Bertz CT molecular complexity index is 742. The number of nitrogen functional groups attached to an aromatic ring is 1. The number of nitrogens with zero attached hydrogens (tertiary/aromatic N) is 4. The van der Waals surface area contributed by atoms with Gasteiger partial charge in [0.1, 0.15) is 5.75 Å². The molecule has 112 valence electrons. The van der Waals surface area contributed by atoms with Crippen molar-refractivity contribution in [3.05, 3.63) is 54.4 Å². The Kier molecular flexibility index (Phi) is 4.24. The molecule has 0 radical (unpaired) electrons. The lowest BCUT2D eigenvalue weighted by molar-refractivity contribution is 0.414. The average molecular weight is 313 g/mol. The first-order chi connectivity index (χ1) is 10.8. The van der Waals surface area contributed by atoms with Gasteiger partial charge in [0, 0.05) is 23.7 Å². The van der Waals surface area contributed by atoms with E-state index >= 15 is 0 Å². The summed E-state index contributed by atoms with van der Waals surface area (Å²) < 4.78 is 6.64. The van der Waals surface area contributed by atoms with Crippen LogP contribution in [-0.4, -0.2) is 27.0 Å². The van der Waals surface area contributed by atoms with Crippen LogP contribution in [0.5, 0.6) is 5.75 Å². The number of hydrogen-bond donors (Lipinski definition) is 1. The molecule has 3 rings (SSSR count). The highest BCUT2D eigenvalue weighted by atomic mass is 32.2. The molecule has 0 aliphatic heterocycles. The second kappa shape index (κ2) is 6.48. The molecule has 0 aliphatic rings. The second-order valence-corrected chi connectivity index (χ2v) is 5.50. The molecule has 2 N–H and O–H groups in total. The maximum atomic E-state index is 6.07. The summed E-state index contributed by atoms with van der Waals surface area (Å²) >= 11 is 1.53. The fourth-order valence-corrected chi connectivity index (χ4v) is 2.75. The average Bonchev–Trinajstić information content (AvgIpc) is 2.95. The Labute approximate surface area is 132 Å². The molecule has 22 heavy (non-hydrogen) atoms. The lowest BCUT2D eigenvalue weighted by Crippen LogP contribution is -2.11. The van der Waals surface area contributed by atoms with Crippen LogP contribution in [0.1, 0.15) is 5.56 Å². The molecule has 1 aromatic carbocycles. The van der Waals surface area contributed by atoms with Gasteiger partial charge in [-0.2, -0.15) is 0 Å². The quantitative estimate of drug-likeness (QED) is 0.575. The summed E-state index contributed by atoms with van der Waals surface area (Å²) in [5.41, 5.74) is 2.01. The molecule has 0 unspecified atom stereocenters. The molecule has 6 nitrogen and oxygen atoms in total. The third kappa shape index (κ3) is 3.04. The zero-order valence-corrected chi connectivity index (χ0v) is 12.8. The summed E-state index contributed by atoms with van der Waals surface area (Å²) in [6.45, 7) is 0. The lowest BCUT2D eigenvalue weighted by Gasteiger charge is -2.04. The van der Waals surface area contributed by atoms with Crippen LogP contribution in [0.15, 0.2) is 53.9 Å². The van der Waals surface area contributed by atoms with Crippen LogP contribution in [-0.2, 0) is 5.75 Å². The molecule has 0 aliphatic carbocycles. The van der Waals surface area contributed by atoms with Crippen molar-refractivity contribution >= 4 is 11.8 Å². The van der Waals surface area contributed by atoms with Gasteiger partial charge in [-0.05, 0) is 29.8 Å².